The summed E-state index contributed by atoms with van der Waals surface area (Å²) in [4.78, 5) is 17.2. The largest absolute Gasteiger partial charge is 0.366 e. The third-order valence-electron chi connectivity index (χ3n) is 5.13. The number of aryl methyl sites for hydroxylation is 1. The van der Waals surface area contributed by atoms with Crippen LogP contribution < -0.4 is 10.6 Å². The van der Waals surface area contributed by atoms with Gasteiger partial charge >= 0.3 is 0 Å². The molecular weight excluding hydrogens is 442 g/mol. The fourth-order valence-corrected chi connectivity index (χ4v) is 3.68. The van der Waals surface area contributed by atoms with Crippen molar-refractivity contribution < 1.29 is 13.9 Å². The van der Waals surface area contributed by atoms with Crippen LogP contribution >= 0.6 is 24.8 Å². The number of carbonyl (C=O) groups excluding carboxylic acids is 1. The molecule has 1 unspecified atom stereocenters. The van der Waals surface area contributed by atoms with Gasteiger partial charge in [-0.25, -0.2) is 9.37 Å². The number of hydrogen-bond acceptors (Lipinski definition) is 4. The van der Waals surface area contributed by atoms with Crippen LogP contribution in [0, 0.1) is 12.7 Å². The Hall–Kier alpha value is -2.19. The van der Waals surface area contributed by atoms with Gasteiger partial charge in [0.2, 0.25) is 0 Å². The molecule has 31 heavy (non-hydrogen) atoms. The van der Waals surface area contributed by atoms with Gasteiger partial charge in [0.1, 0.15) is 17.7 Å². The van der Waals surface area contributed by atoms with E-state index in [1.807, 2.05) is 29.7 Å². The van der Waals surface area contributed by atoms with Crippen LogP contribution in [0.2, 0.25) is 0 Å². The molecule has 1 aliphatic heterocycles. The van der Waals surface area contributed by atoms with Crippen molar-refractivity contribution in [3.8, 4) is 11.4 Å². The van der Waals surface area contributed by atoms with Gasteiger partial charge < -0.3 is 19.9 Å². The first kappa shape index (κ1) is 25.1. The van der Waals surface area contributed by atoms with Crippen LogP contribution in [-0.4, -0.2) is 41.3 Å². The van der Waals surface area contributed by atoms with E-state index in [2.05, 4.69) is 24.5 Å². The fraction of sp³-hybridized carbons (Fsp3) is 0.364. The number of benzene rings is 2. The van der Waals surface area contributed by atoms with E-state index in [1.54, 1.807) is 6.07 Å². The molecule has 2 N–H and O–H groups in total. The van der Waals surface area contributed by atoms with Gasteiger partial charge in [-0.15, -0.1) is 24.8 Å². The number of fused-ring (bicyclic) bond motifs is 1. The first-order valence-corrected chi connectivity index (χ1v) is 9.85. The second kappa shape index (κ2) is 10.4. The second-order valence-electron chi connectivity index (χ2n) is 7.61. The molecule has 0 aliphatic carbocycles. The standard InChI is InChI=1S/C22H25FN4O2.2ClH/c1-13(2)27-19-11-16(23)5-7-18(19)25-21(27)15-4-6-17(14(3)10-15)26-22(28)20-12-24-8-9-29-20;;/h4-7,10-11,13,20,24H,8-9,12H2,1-3H3,(H,26,28);2*1H. The summed E-state index contributed by atoms with van der Waals surface area (Å²) in [5.41, 5.74) is 4.11. The first-order chi connectivity index (χ1) is 13.9. The summed E-state index contributed by atoms with van der Waals surface area (Å²) in [5.74, 6) is 0.346. The first-order valence-electron chi connectivity index (χ1n) is 9.85. The number of rotatable bonds is 4. The Balaban J connectivity index is 0.00000171. The van der Waals surface area contributed by atoms with Crippen molar-refractivity contribution in [1.82, 2.24) is 14.9 Å². The van der Waals surface area contributed by atoms with E-state index in [4.69, 9.17) is 9.72 Å². The lowest BCUT2D eigenvalue weighted by Gasteiger charge is -2.23. The molecule has 0 spiro atoms. The summed E-state index contributed by atoms with van der Waals surface area (Å²) in [6, 6.07) is 10.6. The maximum absolute atomic E-state index is 13.8. The molecule has 1 saturated heterocycles. The molecule has 0 radical (unpaired) electrons. The van der Waals surface area contributed by atoms with E-state index in [1.165, 1.54) is 12.1 Å². The Kier molecular flexibility index (Phi) is 8.42. The van der Waals surface area contributed by atoms with Gasteiger partial charge in [0.05, 0.1) is 17.6 Å². The van der Waals surface area contributed by atoms with Crippen molar-refractivity contribution in [3.05, 3.63) is 47.8 Å². The Morgan fingerprint density at radius 1 is 1.26 bits per heavy atom. The normalized spacial score (nSPS) is 16.0. The highest BCUT2D eigenvalue weighted by atomic mass is 35.5. The number of ether oxygens (including phenoxy) is 1. The van der Waals surface area contributed by atoms with Gasteiger partial charge in [-0.2, -0.15) is 0 Å². The number of imidazole rings is 1. The quantitative estimate of drug-likeness (QED) is 0.591. The van der Waals surface area contributed by atoms with E-state index in [0.29, 0.717) is 13.2 Å². The minimum atomic E-state index is -0.483. The summed E-state index contributed by atoms with van der Waals surface area (Å²) in [7, 11) is 0. The Morgan fingerprint density at radius 2 is 2.03 bits per heavy atom. The summed E-state index contributed by atoms with van der Waals surface area (Å²) < 4.78 is 21.3. The van der Waals surface area contributed by atoms with Crippen LogP contribution in [0.4, 0.5) is 10.1 Å². The van der Waals surface area contributed by atoms with Crippen molar-refractivity contribution in [3.63, 3.8) is 0 Å². The molecule has 1 fully saturated rings. The molecule has 9 heteroatoms. The molecule has 6 nitrogen and oxygen atoms in total. The molecule has 1 aromatic heterocycles. The maximum atomic E-state index is 13.8. The number of aromatic nitrogens is 2. The van der Waals surface area contributed by atoms with Crippen molar-refractivity contribution in [2.75, 3.05) is 25.0 Å². The smallest absolute Gasteiger partial charge is 0.254 e. The summed E-state index contributed by atoms with van der Waals surface area (Å²) in [6.45, 7) is 7.85. The van der Waals surface area contributed by atoms with Gasteiger partial charge in [0, 0.05) is 30.4 Å². The number of nitrogens with one attached hydrogen (secondary N) is 2. The lowest BCUT2D eigenvalue weighted by atomic mass is 10.1. The summed E-state index contributed by atoms with van der Waals surface area (Å²) in [6.07, 6.45) is -0.483. The highest BCUT2D eigenvalue weighted by molar-refractivity contribution is 5.95. The summed E-state index contributed by atoms with van der Waals surface area (Å²) >= 11 is 0. The van der Waals surface area contributed by atoms with Gasteiger partial charge in [0.25, 0.3) is 5.91 Å². The number of anilines is 1. The third-order valence-corrected chi connectivity index (χ3v) is 5.13. The van der Waals surface area contributed by atoms with Gasteiger partial charge in [0.15, 0.2) is 0 Å². The summed E-state index contributed by atoms with van der Waals surface area (Å²) in [5, 5.41) is 6.11. The Morgan fingerprint density at radius 3 is 2.68 bits per heavy atom. The van der Waals surface area contributed by atoms with Crippen LogP contribution in [-0.2, 0) is 9.53 Å². The van der Waals surface area contributed by atoms with Crippen LogP contribution in [0.25, 0.3) is 22.4 Å². The average molecular weight is 469 g/mol. The Labute approximate surface area is 193 Å². The number of halogens is 3. The van der Waals surface area contributed by atoms with E-state index in [0.717, 1.165) is 40.2 Å². The molecule has 2 heterocycles. The van der Waals surface area contributed by atoms with Crippen LogP contribution in [0.5, 0.6) is 0 Å². The zero-order valence-corrected chi connectivity index (χ0v) is 19.3. The lowest BCUT2D eigenvalue weighted by Crippen LogP contribution is -2.45. The number of morpholine rings is 1. The van der Waals surface area contributed by atoms with Crippen LogP contribution in [0.3, 0.4) is 0 Å². The highest BCUT2D eigenvalue weighted by Gasteiger charge is 2.22. The predicted molar refractivity (Wildman–Crippen MR) is 126 cm³/mol. The lowest BCUT2D eigenvalue weighted by molar-refractivity contribution is -0.128. The van der Waals surface area contributed by atoms with Crippen molar-refractivity contribution >= 4 is 47.4 Å². The van der Waals surface area contributed by atoms with Crippen molar-refractivity contribution in [1.29, 1.82) is 0 Å². The highest BCUT2D eigenvalue weighted by Crippen LogP contribution is 2.31. The Bertz CT molecular complexity index is 1070. The molecule has 3 aromatic rings. The maximum Gasteiger partial charge on any atom is 0.254 e. The van der Waals surface area contributed by atoms with Crippen molar-refractivity contribution in [2.45, 2.75) is 32.9 Å². The monoisotopic (exact) mass is 468 g/mol. The molecule has 4 rings (SSSR count). The molecule has 0 saturated carbocycles. The third kappa shape index (κ3) is 5.18. The predicted octanol–water partition coefficient (Wildman–Crippen LogP) is 4.50. The number of amides is 1. The van der Waals surface area contributed by atoms with E-state index >= 15 is 0 Å². The molecule has 1 amide bonds. The van der Waals surface area contributed by atoms with E-state index < -0.39 is 6.10 Å². The van der Waals surface area contributed by atoms with Gasteiger partial charge in [-0.05, 0) is 62.7 Å². The minimum absolute atomic E-state index is 0. The molecule has 1 aliphatic rings. The zero-order chi connectivity index (χ0) is 20.5. The van der Waals surface area contributed by atoms with E-state index in [9.17, 15) is 9.18 Å². The zero-order valence-electron chi connectivity index (χ0n) is 17.6. The molecular formula is C22H27Cl2FN4O2. The topological polar surface area (TPSA) is 68.2 Å². The molecule has 1 atom stereocenters. The SMILES string of the molecule is Cc1cc(-c2nc3ccc(F)cc3n2C(C)C)ccc1NC(=O)C1CNCCO1.Cl.Cl. The average Bonchev–Trinajstić information content (AvgIpc) is 3.09. The molecule has 2 aromatic carbocycles. The second-order valence-corrected chi connectivity index (χ2v) is 7.61. The van der Waals surface area contributed by atoms with Crippen molar-refractivity contribution in [2.24, 2.45) is 0 Å². The number of hydrogen-bond donors (Lipinski definition) is 2. The minimum Gasteiger partial charge on any atom is -0.366 e. The van der Waals surface area contributed by atoms with Gasteiger partial charge in [-0.1, -0.05) is 0 Å². The van der Waals surface area contributed by atoms with Crippen LogP contribution in [0.1, 0.15) is 25.5 Å². The molecule has 168 valence electrons. The van der Waals surface area contributed by atoms with Crippen LogP contribution in [0.15, 0.2) is 36.4 Å². The number of nitrogens with zero attached hydrogens (tertiary/aromatic N) is 2. The fourth-order valence-electron chi connectivity index (χ4n) is 3.68. The van der Waals surface area contributed by atoms with E-state index in [-0.39, 0.29) is 42.6 Å². The molecule has 0 bridgehead atoms. The number of carbonyl (C=O) groups is 1. The van der Waals surface area contributed by atoms with Gasteiger partial charge in [-0.3, -0.25) is 4.79 Å².